The van der Waals surface area contributed by atoms with Gasteiger partial charge in [0.15, 0.2) is 0 Å². The van der Waals surface area contributed by atoms with Gasteiger partial charge in [-0.05, 0) is 31.2 Å². The molecule has 0 aliphatic carbocycles. The normalized spacial score (nSPS) is 24.6. The van der Waals surface area contributed by atoms with Gasteiger partial charge in [-0.2, -0.15) is 0 Å². The second kappa shape index (κ2) is 7.74. The lowest BCUT2D eigenvalue weighted by atomic mass is 9.85. The van der Waals surface area contributed by atoms with Crippen molar-refractivity contribution in [2.45, 2.75) is 46.1 Å². The van der Waals surface area contributed by atoms with Crippen LogP contribution in [-0.4, -0.2) is 48.2 Å². The molecule has 0 aromatic carbocycles. The summed E-state index contributed by atoms with van der Waals surface area (Å²) in [5.41, 5.74) is 0. The Morgan fingerprint density at radius 1 is 1.44 bits per heavy atom. The van der Waals surface area contributed by atoms with E-state index >= 15 is 0 Å². The highest BCUT2D eigenvalue weighted by atomic mass is 16.3. The van der Waals surface area contributed by atoms with Crippen LogP contribution < -0.4 is 5.32 Å². The quantitative estimate of drug-likeness (QED) is 0.703. The van der Waals surface area contributed by atoms with Gasteiger partial charge in [0.2, 0.25) is 5.91 Å². The molecule has 4 heteroatoms. The molecule has 1 aliphatic heterocycles. The first-order chi connectivity index (χ1) is 8.58. The number of piperidine rings is 1. The Kier molecular flexibility index (Phi) is 6.65. The van der Waals surface area contributed by atoms with Gasteiger partial charge in [0.05, 0.1) is 0 Å². The molecule has 0 aromatic rings. The highest BCUT2D eigenvalue weighted by Crippen LogP contribution is 2.24. The molecule has 18 heavy (non-hydrogen) atoms. The minimum Gasteiger partial charge on any atom is -0.396 e. The van der Waals surface area contributed by atoms with E-state index in [0.29, 0.717) is 24.3 Å². The summed E-state index contributed by atoms with van der Waals surface area (Å²) < 4.78 is 0. The number of aliphatic hydroxyl groups excluding tert-OH is 1. The van der Waals surface area contributed by atoms with E-state index in [2.05, 4.69) is 19.2 Å². The molecule has 2 atom stereocenters. The highest BCUT2D eigenvalue weighted by Gasteiger charge is 2.30. The summed E-state index contributed by atoms with van der Waals surface area (Å²) in [4.78, 5) is 13.9. The lowest BCUT2D eigenvalue weighted by Crippen LogP contribution is -2.52. The number of amides is 1. The van der Waals surface area contributed by atoms with Crippen LogP contribution in [0.3, 0.4) is 0 Å². The molecule has 0 saturated carbocycles. The molecule has 1 saturated heterocycles. The predicted molar refractivity (Wildman–Crippen MR) is 73.3 cm³/mol. The van der Waals surface area contributed by atoms with E-state index in [9.17, 15) is 4.79 Å². The lowest BCUT2D eigenvalue weighted by molar-refractivity contribution is -0.133. The molecule has 1 aliphatic rings. The summed E-state index contributed by atoms with van der Waals surface area (Å²) in [6.45, 7) is 9.18. The number of carbonyl (C=O) groups is 1. The van der Waals surface area contributed by atoms with E-state index in [1.54, 1.807) is 0 Å². The average Bonchev–Trinajstić information content (AvgIpc) is 2.37. The van der Waals surface area contributed by atoms with Crippen LogP contribution in [0.2, 0.25) is 0 Å². The molecule has 0 spiro atoms. The van der Waals surface area contributed by atoms with Gasteiger partial charge in [0, 0.05) is 32.2 Å². The molecule has 2 N–H and O–H groups in total. The molecular formula is C14H28N2O2. The van der Waals surface area contributed by atoms with Crippen LogP contribution >= 0.6 is 0 Å². The van der Waals surface area contributed by atoms with E-state index in [1.807, 2.05) is 11.8 Å². The lowest BCUT2D eigenvalue weighted by Gasteiger charge is -2.40. The maximum absolute atomic E-state index is 11.9. The van der Waals surface area contributed by atoms with Crippen LogP contribution in [0.25, 0.3) is 0 Å². The molecule has 2 unspecified atom stereocenters. The maximum atomic E-state index is 11.9. The summed E-state index contributed by atoms with van der Waals surface area (Å²) in [6, 6.07) is 0.383. The SMILES string of the molecule is CCC(=O)N1CC(NCCCO)CC(C(C)C)C1. The molecule has 1 rings (SSSR count). The number of hydrogen-bond donors (Lipinski definition) is 2. The van der Waals surface area contributed by atoms with Gasteiger partial charge in [-0.1, -0.05) is 20.8 Å². The zero-order chi connectivity index (χ0) is 13.5. The fourth-order valence-electron chi connectivity index (χ4n) is 2.58. The van der Waals surface area contributed by atoms with Crippen LogP contribution in [0.4, 0.5) is 0 Å². The monoisotopic (exact) mass is 256 g/mol. The van der Waals surface area contributed by atoms with E-state index in [-0.39, 0.29) is 12.5 Å². The largest absolute Gasteiger partial charge is 0.396 e. The summed E-state index contributed by atoms with van der Waals surface area (Å²) in [7, 11) is 0. The number of aliphatic hydroxyl groups is 1. The number of carbonyl (C=O) groups excluding carboxylic acids is 1. The fourth-order valence-corrected chi connectivity index (χ4v) is 2.58. The van der Waals surface area contributed by atoms with Crippen LogP contribution in [0.15, 0.2) is 0 Å². The number of likely N-dealkylation sites (tertiary alicyclic amines) is 1. The van der Waals surface area contributed by atoms with Crippen LogP contribution in [0, 0.1) is 11.8 Å². The first-order valence-electron chi connectivity index (χ1n) is 7.20. The average molecular weight is 256 g/mol. The van der Waals surface area contributed by atoms with Crippen molar-refractivity contribution < 1.29 is 9.90 Å². The van der Waals surface area contributed by atoms with Crippen molar-refractivity contribution in [3.05, 3.63) is 0 Å². The third-order valence-corrected chi connectivity index (χ3v) is 3.85. The van der Waals surface area contributed by atoms with Crippen molar-refractivity contribution in [2.24, 2.45) is 11.8 Å². The van der Waals surface area contributed by atoms with E-state index in [1.165, 1.54) is 0 Å². The Morgan fingerprint density at radius 2 is 2.17 bits per heavy atom. The van der Waals surface area contributed by atoms with Gasteiger partial charge < -0.3 is 15.3 Å². The van der Waals surface area contributed by atoms with Gasteiger partial charge in [-0.25, -0.2) is 0 Å². The summed E-state index contributed by atoms with van der Waals surface area (Å²) in [5, 5.41) is 12.3. The van der Waals surface area contributed by atoms with Crippen molar-refractivity contribution in [3.8, 4) is 0 Å². The standard InChI is InChI=1S/C14H28N2O2/c1-4-14(18)16-9-12(11(2)3)8-13(10-16)15-6-5-7-17/h11-13,15,17H,4-10H2,1-3H3. The first kappa shape index (κ1) is 15.4. The fraction of sp³-hybridized carbons (Fsp3) is 0.929. The smallest absolute Gasteiger partial charge is 0.222 e. The van der Waals surface area contributed by atoms with Gasteiger partial charge in [-0.15, -0.1) is 0 Å². The first-order valence-corrected chi connectivity index (χ1v) is 7.20. The highest BCUT2D eigenvalue weighted by molar-refractivity contribution is 5.76. The molecule has 4 nitrogen and oxygen atoms in total. The van der Waals surface area contributed by atoms with Crippen LogP contribution in [0.5, 0.6) is 0 Å². The molecule has 1 heterocycles. The number of nitrogens with zero attached hydrogens (tertiary/aromatic N) is 1. The topological polar surface area (TPSA) is 52.6 Å². The minimum atomic E-state index is 0.227. The van der Waals surface area contributed by atoms with Gasteiger partial charge in [0.1, 0.15) is 0 Å². The van der Waals surface area contributed by atoms with Crippen molar-refractivity contribution in [1.29, 1.82) is 0 Å². The summed E-state index contributed by atoms with van der Waals surface area (Å²) in [5.74, 6) is 1.45. The maximum Gasteiger partial charge on any atom is 0.222 e. The molecular weight excluding hydrogens is 228 g/mol. The molecule has 0 bridgehead atoms. The second-order valence-corrected chi connectivity index (χ2v) is 5.62. The van der Waals surface area contributed by atoms with Crippen LogP contribution in [0.1, 0.15) is 40.0 Å². The molecule has 0 aromatic heterocycles. The Morgan fingerprint density at radius 3 is 2.72 bits per heavy atom. The van der Waals surface area contributed by atoms with Crippen molar-refractivity contribution in [1.82, 2.24) is 10.2 Å². The van der Waals surface area contributed by atoms with Gasteiger partial charge in [0.25, 0.3) is 0 Å². The Labute approximate surface area is 111 Å². The van der Waals surface area contributed by atoms with Crippen molar-refractivity contribution >= 4 is 5.91 Å². The zero-order valence-electron chi connectivity index (χ0n) is 12.0. The summed E-state index contributed by atoms with van der Waals surface area (Å²) in [6.07, 6.45) is 2.51. The Hall–Kier alpha value is -0.610. The van der Waals surface area contributed by atoms with Crippen molar-refractivity contribution in [3.63, 3.8) is 0 Å². The number of rotatable bonds is 6. The van der Waals surface area contributed by atoms with E-state index in [4.69, 9.17) is 5.11 Å². The Bertz CT molecular complexity index is 256. The number of nitrogens with one attached hydrogen (secondary N) is 1. The minimum absolute atomic E-state index is 0.227. The predicted octanol–water partition coefficient (Wildman–Crippen LogP) is 1.24. The third kappa shape index (κ3) is 4.58. The van der Waals surface area contributed by atoms with Gasteiger partial charge >= 0.3 is 0 Å². The zero-order valence-corrected chi connectivity index (χ0v) is 12.0. The summed E-state index contributed by atoms with van der Waals surface area (Å²) >= 11 is 0. The van der Waals surface area contributed by atoms with E-state index in [0.717, 1.165) is 32.5 Å². The van der Waals surface area contributed by atoms with Crippen LogP contribution in [-0.2, 0) is 4.79 Å². The molecule has 106 valence electrons. The Balaban J connectivity index is 2.53. The molecule has 1 amide bonds. The molecule has 0 radical (unpaired) electrons. The van der Waals surface area contributed by atoms with Crippen molar-refractivity contribution in [2.75, 3.05) is 26.2 Å². The second-order valence-electron chi connectivity index (χ2n) is 5.62. The van der Waals surface area contributed by atoms with Gasteiger partial charge in [-0.3, -0.25) is 4.79 Å². The van der Waals surface area contributed by atoms with E-state index < -0.39 is 0 Å². The third-order valence-electron chi connectivity index (χ3n) is 3.85. The number of hydrogen-bond acceptors (Lipinski definition) is 3. The molecule has 1 fully saturated rings.